The Hall–Kier alpha value is -0.480. The minimum absolute atomic E-state index is 0.431. The van der Waals surface area contributed by atoms with Crippen LogP contribution in [0.3, 0.4) is 0 Å². The molecule has 1 heterocycles. The third-order valence-corrected chi connectivity index (χ3v) is 3.38. The quantitative estimate of drug-likeness (QED) is 0.460. The molecule has 0 radical (unpaired) electrons. The zero-order chi connectivity index (χ0) is 12.2. The Balaban J connectivity index is 1.88. The van der Waals surface area contributed by atoms with Gasteiger partial charge >= 0.3 is 0 Å². The van der Waals surface area contributed by atoms with Gasteiger partial charge in [-0.05, 0) is 25.7 Å². The number of ether oxygens (including phenoxy) is 1. The van der Waals surface area contributed by atoms with Crippen molar-refractivity contribution in [2.24, 2.45) is 0 Å². The van der Waals surface area contributed by atoms with E-state index in [4.69, 9.17) is 4.74 Å². The lowest BCUT2D eigenvalue weighted by Gasteiger charge is -2.20. The van der Waals surface area contributed by atoms with Crippen molar-refractivity contribution in [1.29, 1.82) is 0 Å². The number of rotatable bonds is 7. The van der Waals surface area contributed by atoms with Gasteiger partial charge in [-0.2, -0.15) is 0 Å². The summed E-state index contributed by atoms with van der Waals surface area (Å²) in [5, 5.41) is 0. The number of hydrogen-bond donors (Lipinski definition) is 0. The van der Waals surface area contributed by atoms with E-state index in [0.29, 0.717) is 6.10 Å². The Kier molecular flexibility index (Phi) is 9.14. The maximum Gasteiger partial charge on any atom is 0.0684 e. The van der Waals surface area contributed by atoms with E-state index in [1.165, 1.54) is 57.8 Å². The lowest BCUT2D eigenvalue weighted by Crippen LogP contribution is -2.17. The summed E-state index contributed by atoms with van der Waals surface area (Å²) in [5.41, 5.74) is 0. The molecular formula is C16H28O. The Bertz CT molecular complexity index is 217. The maximum atomic E-state index is 5.65. The predicted molar refractivity (Wildman–Crippen MR) is 74.0 cm³/mol. The van der Waals surface area contributed by atoms with Gasteiger partial charge in [0, 0.05) is 19.4 Å². The summed E-state index contributed by atoms with van der Waals surface area (Å²) in [6, 6.07) is 0. The van der Waals surface area contributed by atoms with Gasteiger partial charge in [-0.3, -0.25) is 0 Å². The number of unbranched alkanes of at least 4 members (excludes halogenated alkanes) is 6. The van der Waals surface area contributed by atoms with Crippen molar-refractivity contribution < 1.29 is 4.74 Å². The van der Waals surface area contributed by atoms with E-state index in [1.54, 1.807) is 0 Å². The molecule has 0 N–H and O–H groups in total. The van der Waals surface area contributed by atoms with E-state index in [1.807, 2.05) is 0 Å². The van der Waals surface area contributed by atoms with Gasteiger partial charge < -0.3 is 4.74 Å². The Morgan fingerprint density at radius 1 is 1.00 bits per heavy atom. The minimum atomic E-state index is 0.431. The molecule has 0 aromatic carbocycles. The van der Waals surface area contributed by atoms with E-state index in [9.17, 15) is 0 Å². The first-order valence-electron chi connectivity index (χ1n) is 7.51. The van der Waals surface area contributed by atoms with Crippen molar-refractivity contribution in [2.75, 3.05) is 6.61 Å². The standard InChI is InChI=1S/C16H28O/c1-2-3-4-5-6-7-8-9-10-13-16-14-11-12-15-17-16/h16H,2-8,11-15H2,1H3. The lowest BCUT2D eigenvalue weighted by molar-refractivity contribution is 0.0197. The van der Waals surface area contributed by atoms with Gasteiger partial charge in [0.15, 0.2) is 0 Å². The van der Waals surface area contributed by atoms with Gasteiger partial charge in [-0.25, -0.2) is 0 Å². The normalized spacial score (nSPS) is 19.7. The van der Waals surface area contributed by atoms with Crippen molar-refractivity contribution in [3.8, 4) is 11.8 Å². The monoisotopic (exact) mass is 236 g/mol. The highest BCUT2D eigenvalue weighted by molar-refractivity contribution is 5.00. The van der Waals surface area contributed by atoms with Crippen molar-refractivity contribution in [2.45, 2.75) is 83.7 Å². The Morgan fingerprint density at radius 3 is 2.59 bits per heavy atom. The van der Waals surface area contributed by atoms with Crippen LogP contribution in [0.25, 0.3) is 0 Å². The second-order valence-electron chi connectivity index (χ2n) is 5.06. The highest BCUT2D eigenvalue weighted by Crippen LogP contribution is 2.14. The summed E-state index contributed by atoms with van der Waals surface area (Å²) >= 11 is 0. The summed E-state index contributed by atoms with van der Waals surface area (Å²) in [6.45, 7) is 3.21. The molecule has 1 aliphatic heterocycles. The molecule has 0 bridgehead atoms. The van der Waals surface area contributed by atoms with Gasteiger partial charge in [0.2, 0.25) is 0 Å². The smallest absolute Gasteiger partial charge is 0.0684 e. The summed E-state index contributed by atoms with van der Waals surface area (Å²) < 4.78 is 5.65. The highest BCUT2D eigenvalue weighted by atomic mass is 16.5. The molecule has 98 valence electrons. The van der Waals surface area contributed by atoms with Crippen molar-refractivity contribution in [1.82, 2.24) is 0 Å². The second-order valence-corrected chi connectivity index (χ2v) is 5.06. The molecule has 1 fully saturated rings. The molecule has 1 nitrogen and oxygen atoms in total. The van der Waals surface area contributed by atoms with Crippen molar-refractivity contribution in [3.63, 3.8) is 0 Å². The fraction of sp³-hybridized carbons (Fsp3) is 0.875. The Labute approximate surface area is 107 Å². The summed E-state index contributed by atoms with van der Waals surface area (Å²) in [6.07, 6.45) is 14.4. The van der Waals surface area contributed by atoms with Gasteiger partial charge in [-0.1, -0.05) is 39.0 Å². The third kappa shape index (κ3) is 8.27. The molecule has 1 atom stereocenters. The average molecular weight is 236 g/mol. The molecule has 0 spiro atoms. The van der Waals surface area contributed by atoms with Crippen LogP contribution in [0.2, 0.25) is 0 Å². The van der Waals surface area contributed by atoms with Crippen LogP contribution in [0, 0.1) is 11.8 Å². The van der Waals surface area contributed by atoms with Crippen LogP contribution in [0.15, 0.2) is 0 Å². The molecule has 0 saturated carbocycles. The minimum Gasteiger partial charge on any atom is -0.377 e. The highest BCUT2D eigenvalue weighted by Gasteiger charge is 2.11. The fourth-order valence-corrected chi connectivity index (χ4v) is 2.24. The van der Waals surface area contributed by atoms with E-state index in [-0.39, 0.29) is 0 Å². The average Bonchev–Trinajstić information content (AvgIpc) is 2.38. The van der Waals surface area contributed by atoms with E-state index >= 15 is 0 Å². The first kappa shape index (κ1) is 14.6. The third-order valence-electron chi connectivity index (χ3n) is 3.38. The number of hydrogen-bond acceptors (Lipinski definition) is 1. The first-order valence-corrected chi connectivity index (χ1v) is 7.51. The molecule has 17 heavy (non-hydrogen) atoms. The van der Waals surface area contributed by atoms with Crippen LogP contribution in [-0.4, -0.2) is 12.7 Å². The first-order chi connectivity index (χ1) is 8.43. The van der Waals surface area contributed by atoms with Crippen LogP contribution >= 0.6 is 0 Å². The summed E-state index contributed by atoms with van der Waals surface area (Å²) in [5.74, 6) is 6.58. The van der Waals surface area contributed by atoms with E-state index in [2.05, 4.69) is 18.8 Å². The van der Waals surface area contributed by atoms with Crippen LogP contribution in [0.4, 0.5) is 0 Å². The molecule has 1 rings (SSSR count). The summed E-state index contributed by atoms with van der Waals surface area (Å²) in [7, 11) is 0. The van der Waals surface area contributed by atoms with Crippen LogP contribution in [0.5, 0.6) is 0 Å². The molecule has 1 heteroatoms. The Morgan fingerprint density at radius 2 is 1.82 bits per heavy atom. The molecule has 1 aliphatic rings. The second kappa shape index (κ2) is 10.7. The van der Waals surface area contributed by atoms with Crippen molar-refractivity contribution >= 4 is 0 Å². The predicted octanol–water partition coefficient (Wildman–Crippen LogP) is 4.70. The van der Waals surface area contributed by atoms with Crippen LogP contribution in [0.1, 0.15) is 77.6 Å². The zero-order valence-electron chi connectivity index (χ0n) is 11.5. The molecule has 1 saturated heterocycles. The molecule has 0 amide bonds. The van der Waals surface area contributed by atoms with Gasteiger partial charge in [0.1, 0.15) is 0 Å². The fourth-order valence-electron chi connectivity index (χ4n) is 2.24. The van der Waals surface area contributed by atoms with Gasteiger partial charge in [0.25, 0.3) is 0 Å². The van der Waals surface area contributed by atoms with Crippen molar-refractivity contribution in [3.05, 3.63) is 0 Å². The zero-order valence-corrected chi connectivity index (χ0v) is 11.5. The van der Waals surface area contributed by atoms with Gasteiger partial charge in [0.05, 0.1) is 6.10 Å². The topological polar surface area (TPSA) is 9.23 Å². The van der Waals surface area contributed by atoms with Crippen LogP contribution < -0.4 is 0 Å². The molecule has 1 unspecified atom stereocenters. The van der Waals surface area contributed by atoms with Gasteiger partial charge in [-0.15, -0.1) is 11.8 Å². The largest absolute Gasteiger partial charge is 0.377 e. The molecular weight excluding hydrogens is 208 g/mol. The lowest BCUT2D eigenvalue weighted by atomic mass is 10.1. The molecule has 0 aromatic rings. The van der Waals surface area contributed by atoms with E-state index < -0.39 is 0 Å². The maximum absolute atomic E-state index is 5.65. The molecule has 0 aliphatic carbocycles. The summed E-state index contributed by atoms with van der Waals surface area (Å²) in [4.78, 5) is 0. The van der Waals surface area contributed by atoms with E-state index in [0.717, 1.165) is 19.4 Å². The SMILES string of the molecule is CCCCCCCCC#CCC1CCCCO1. The molecule has 0 aromatic heterocycles. The van der Waals surface area contributed by atoms with Crippen LogP contribution in [-0.2, 0) is 4.74 Å².